The van der Waals surface area contributed by atoms with Crippen LogP contribution >= 0.6 is 0 Å². The first-order valence-electron chi connectivity index (χ1n) is 7.76. The molecule has 1 aromatic rings. The van der Waals surface area contributed by atoms with E-state index in [1.165, 1.54) is 0 Å². The number of ether oxygens (including phenoxy) is 1. The highest BCUT2D eigenvalue weighted by Gasteiger charge is 2.24. The Hall–Kier alpha value is -1.80. The lowest BCUT2D eigenvalue weighted by atomic mass is 10.3. The Bertz CT molecular complexity index is 644. The second kappa shape index (κ2) is 8.89. The van der Waals surface area contributed by atoms with Crippen LogP contribution in [0.15, 0.2) is 24.3 Å². The summed E-state index contributed by atoms with van der Waals surface area (Å²) < 4.78 is 31.1. The molecule has 0 saturated carbocycles. The molecule has 0 saturated heterocycles. The van der Waals surface area contributed by atoms with E-state index >= 15 is 0 Å². The highest BCUT2D eigenvalue weighted by Crippen LogP contribution is 2.30. The predicted molar refractivity (Wildman–Crippen MR) is 96.0 cm³/mol. The minimum atomic E-state index is -3.63. The van der Waals surface area contributed by atoms with Crippen LogP contribution in [0.4, 0.5) is 5.69 Å². The number of likely N-dealkylation sites (N-methyl/N-ethyl adjacent to an activating group) is 1. The third kappa shape index (κ3) is 6.76. The van der Waals surface area contributed by atoms with Crippen molar-refractivity contribution >= 4 is 21.6 Å². The summed E-state index contributed by atoms with van der Waals surface area (Å²) >= 11 is 0. The molecule has 1 aromatic carbocycles. The first kappa shape index (κ1) is 20.2. The van der Waals surface area contributed by atoms with Crippen molar-refractivity contribution in [2.45, 2.75) is 20.0 Å². The molecular weight excluding hydrogens is 330 g/mol. The monoisotopic (exact) mass is 357 g/mol. The van der Waals surface area contributed by atoms with Gasteiger partial charge in [-0.05, 0) is 40.1 Å². The number of nitrogens with one attached hydrogen (secondary N) is 1. The summed E-state index contributed by atoms with van der Waals surface area (Å²) in [7, 11) is 0.164. The summed E-state index contributed by atoms with van der Waals surface area (Å²) in [5, 5.41) is 2.72. The lowest BCUT2D eigenvalue weighted by Gasteiger charge is -2.25. The van der Waals surface area contributed by atoms with Crippen molar-refractivity contribution in [1.29, 1.82) is 0 Å². The van der Waals surface area contributed by atoms with Crippen molar-refractivity contribution in [3.05, 3.63) is 24.3 Å². The normalized spacial score (nSPS) is 11.6. The smallest absolute Gasteiger partial charge is 0.240 e. The van der Waals surface area contributed by atoms with Gasteiger partial charge in [-0.15, -0.1) is 0 Å². The molecule has 0 aliphatic rings. The van der Waals surface area contributed by atoms with Crippen LogP contribution in [0.1, 0.15) is 13.8 Å². The van der Waals surface area contributed by atoms with Gasteiger partial charge in [-0.3, -0.25) is 9.10 Å². The molecule has 0 heterocycles. The molecule has 1 amide bonds. The van der Waals surface area contributed by atoms with E-state index in [1.807, 2.05) is 32.8 Å². The predicted octanol–water partition coefficient (Wildman–Crippen LogP) is 0.918. The zero-order valence-corrected chi connectivity index (χ0v) is 15.8. The molecule has 0 unspecified atom stereocenters. The first-order valence-corrected chi connectivity index (χ1v) is 9.61. The Labute approximate surface area is 144 Å². The average molecular weight is 357 g/mol. The molecule has 7 nitrogen and oxygen atoms in total. The maximum Gasteiger partial charge on any atom is 0.240 e. The minimum absolute atomic E-state index is 0.110. The van der Waals surface area contributed by atoms with Gasteiger partial charge >= 0.3 is 0 Å². The number of amides is 1. The molecule has 0 radical (unpaired) electrons. The van der Waals surface area contributed by atoms with Crippen molar-refractivity contribution in [1.82, 2.24) is 10.2 Å². The summed E-state index contributed by atoms with van der Waals surface area (Å²) in [6.45, 7) is 4.56. The van der Waals surface area contributed by atoms with Gasteiger partial charge in [-0.25, -0.2) is 8.42 Å². The molecule has 8 heteroatoms. The van der Waals surface area contributed by atoms with Crippen molar-refractivity contribution in [3.63, 3.8) is 0 Å². The van der Waals surface area contributed by atoms with Crippen molar-refractivity contribution in [2.24, 2.45) is 0 Å². The fourth-order valence-corrected chi connectivity index (χ4v) is 2.86. The van der Waals surface area contributed by atoms with E-state index in [4.69, 9.17) is 4.74 Å². The molecule has 0 atom stereocenters. The van der Waals surface area contributed by atoms with Gasteiger partial charge in [-0.1, -0.05) is 12.1 Å². The van der Waals surface area contributed by atoms with Gasteiger partial charge in [0, 0.05) is 13.1 Å². The lowest BCUT2D eigenvalue weighted by Crippen LogP contribution is -2.42. The molecule has 136 valence electrons. The molecule has 24 heavy (non-hydrogen) atoms. The minimum Gasteiger partial charge on any atom is -0.489 e. The topological polar surface area (TPSA) is 79.0 Å². The molecular formula is C16H27N3O4S. The van der Waals surface area contributed by atoms with Crippen LogP contribution in [0.3, 0.4) is 0 Å². The van der Waals surface area contributed by atoms with Gasteiger partial charge < -0.3 is 15.0 Å². The van der Waals surface area contributed by atoms with Crippen molar-refractivity contribution in [2.75, 3.05) is 44.3 Å². The number of benzene rings is 1. The van der Waals surface area contributed by atoms with E-state index in [9.17, 15) is 13.2 Å². The Morgan fingerprint density at radius 3 is 2.42 bits per heavy atom. The van der Waals surface area contributed by atoms with Gasteiger partial charge in [0.05, 0.1) is 18.0 Å². The van der Waals surface area contributed by atoms with E-state index < -0.39 is 10.0 Å². The number of hydrogen-bond acceptors (Lipinski definition) is 5. The zero-order chi connectivity index (χ0) is 18.3. The van der Waals surface area contributed by atoms with E-state index in [1.54, 1.807) is 24.3 Å². The highest BCUT2D eigenvalue weighted by atomic mass is 32.2. The third-order valence-electron chi connectivity index (χ3n) is 3.07. The molecule has 0 aliphatic heterocycles. The number of para-hydroxylation sites is 2. The lowest BCUT2D eigenvalue weighted by molar-refractivity contribution is -0.119. The summed E-state index contributed by atoms with van der Waals surface area (Å²) in [6.07, 6.45) is 0.966. The van der Waals surface area contributed by atoms with Gasteiger partial charge in [-0.2, -0.15) is 0 Å². The third-order valence-corrected chi connectivity index (χ3v) is 4.19. The number of carbonyl (C=O) groups excluding carboxylic acids is 1. The number of anilines is 1. The summed E-state index contributed by atoms with van der Waals surface area (Å²) in [5.74, 6) is 0.0700. The molecule has 0 fully saturated rings. The molecule has 0 aromatic heterocycles. The van der Waals surface area contributed by atoms with Crippen molar-refractivity contribution < 1.29 is 17.9 Å². The van der Waals surface area contributed by atoms with Crippen LogP contribution in [0.5, 0.6) is 5.75 Å². The number of nitrogens with zero attached hydrogens (tertiary/aromatic N) is 2. The van der Waals surface area contributed by atoms with E-state index in [0.717, 1.165) is 10.6 Å². The molecule has 0 spiro atoms. The van der Waals surface area contributed by atoms with Gasteiger partial charge in [0.2, 0.25) is 15.9 Å². The molecule has 0 aliphatic carbocycles. The van der Waals surface area contributed by atoms with E-state index in [-0.39, 0.29) is 18.6 Å². The number of hydrogen-bond donors (Lipinski definition) is 1. The number of rotatable bonds is 9. The molecule has 1 rings (SSSR count). The maximum absolute atomic E-state index is 12.2. The molecule has 0 bridgehead atoms. The fraction of sp³-hybridized carbons (Fsp3) is 0.562. The maximum atomic E-state index is 12.2. The highest BCUT2D eigenvalue weighted by molar-refractivity contribution is 7.92. The summed E-state index contributed by atoms with van der Waals surface area (Å²) in [4.78, 5) is 14.0. The summed E-state index contributed by atoms with van der Waals surface area (Å²) in [5.41, 5.74) is 0.358. The van der Waals surface area contributed by atoms with E-state index in [2.05, 4.69) is 5.32 Å². The largest absolute Gasteiger partial charge is 0.489 e. The quantitative estimate of drug-likeness (QED) is 0.711. The number of sulfonamides is 1. The molecule has 1 N–H and O–H groups in total. The number of carbonyl (C=O) groups is 1. The van der Waals surface area contributed by atoms with Crippen LogP contribution in [-0.2, 0) is 14.8 Å². The van der Waals surface area contributed by atoms with Crippen LogP contribution in [0.25, 0.3) is 0 Å². The standard InChI is InChI=1S/C16H27N3O4S/c1-13(2)23-15-9-7-6-8-14(15)19(24(5,21)22)12-16(20)17-10-11-18(3)4/h6-9,13H,10-12H2,1-5H3,(H,17,20). The average Bonchev–Trinajstić information content (AvgIpc) is 2.43. The second-order valence-corrected chi connectivity index (χ2v) is 7.96. The van der Waals surface area contributed by atoms with E-state index in [0.29, 0.717) is 24.5 Å². The Kier molecular flexibility index (Phi) is 7.50. The van der Waals surface area contributed by atoms with Gasteiger partial charge in [0.1, 0.15) is 12.3 Å². The van der Waals surface area contributed by atoms with Gasteiger partial charge in [0.25, 0.3) is 0 Å². The first-order chi connectivity index (χ1) is 11.1. The fourth-order valence-electron chi connectivity index (χ4n) is 2.00. The van der Waals surface area contributed by atoms with Crippen LogP contribution in [0.2, 0.25) is 0 Å². The van der Waals surface area contributed by atoms with Crippen molar-refractivity contribution in [3.8, 4) is 5.75 Å². The SMILES string of the molecule is CC(C)Oc1ccccc1N(CC(=O)NCCN(C)C)S(C)(=O)=O. The second-order valence-electron chi connectivity index (χ2n) is 6.06. The zero-order valence-electron chi connectivity index (χ0n) is 14.9. The van der Waals surface area contributed by atoms with Crippen LogP contribution < -0.4 is 14.4 Å². The Balaban J connectivity index is 2.97. The Morgan fingerprint density at radius 1 is 1.25 bits per heavy atom. The van der Waals surface area contributed by atoms with Gasteiger partial charge in [0.15, 0.2) is 0 Å². The Morgan fingerprint density at radius 2 is 1.88 bits per heavy atom. The van der Waals surface area contributed by atoms with Crippen LogP contribution in [0, 0.1) is 0 Å². The summed E-state index contributed by atoms with van der Waals surface area (Å²) in [6, 6.07) is 6.80. The van der Waals surface area contributed by atoms with Crippen LogP contribution in [-0.4, -0.2) is 65.3 Å².